The van der Waals surface area contributed by atoms with Crippen molar-refractivity contribution in [2.45, 2.75) is 19.4 Å². The van der Waals surface area contributed by atoms with Gasteiger partial charge in [-0.2, -0.15) is 10.2 Å². The highest BCUT2D eigenvalue weighted by molar-refractivity contribution is 6.34. The molecule has 7 nitrogen and oxygen atoms in total. The Bertz CT molecular complexity index is 839. The molecule has 1 aromatic rings. The number of carbonyl (C=O) groups is 2. The predicted octanol–water partition coefficient (Wildman–Crippen LogP) is 4.15. The molecular formula is C20H22Cl2N4O3. The maximum Gasteiger partial charge on any atom is 0.410 e. The minimum Gasteiger partial charge on any atom is -0.445 e. The van der Waals surface area contributed by atoms with Crippen molar-refractivity contribution in [2.75, 3.05) is 32.7 Å². The second-order valence-electron chi connectivity index (χ2n) is 7.68. The molecule has 29 heavy (non-hydrogen) atoms. The van der Waals surface area contributed by atoms with Crippen LogP contribution in [0.15, 0.2) is 40.2 Å². The number of hydrogen-bond donors (Lipinski definition) is 0. The van der Waals surface area contributed by atoms with Gasteiger partial charge in [0.25, 0.3) is 0 Å². The zero-order chi connectivity index (χ0) is 20.4. The van der Waals surface area contributed by atoms with E-state index in [1.54, 1.807) is 23.1 Å². The number of rotatable bonds is 5. The second-order valence-corrected chi connectivity index (χ2v) is 8.55. The number of ether oxygens (including phenoxy) is 1. The third-order valence-electron chi connectivity index (χ3n) is 5.58. The van der Waals surface area contributed by atoms with Crippen LogP contribution < -0.4 is 0 Å². The fraction of sp³-hybridized carbons (Fsp3) is 0.500. The van der Waals surface area contributed by atoms with E-state index in [0.29, 0.717) is 67.4 Å². The number of azo groups is 1. The van der Waals surface area contributed by atoms with Crippen molar-refractivity contribution in [3.05, 3.63) is 45.6 Å². The van der Waals surface area contributed by atoms with Gasteiger partial charge in [0.15, 0.2) is 0 Å². The summed E-state index contributed by atoms with van der Waals surface area (Å²) in [7, 11) is 0. The summed E-state index contributed by atoms with van der Waals surface area (Å²) in [6, 6.07) is 5.09. The molecule has 0 spiro atoms. The third-order valence-corrected chi connectivity index (χ3v) is 6.02. The summed E-state index contributed by atoms with van der Waals surface area (Å²) < 4.78 is 5.42. The molecule has 0 aliphatic carbocycles. The molecular weight excluding hydrogens is 415 g/mol. The van der Waals surface area contributed by atoms with Crippen LogP contribution in [0.4, 0.5) is 4.79 Å². The molecule has 1 aromatic carbocycles. The number of nitrogens with zero attached hydrogens (tertiary/aromatic N) is 4. The molecule has 0 saturated carbocycles. The minimum absolute atomic E-state index is 0.128. The summed E-state index contributed by atoms with van der Waals surface area (Å²) in [5.74, 6) is 0.754. The Balaban J connectivity index is 1.22. The quantitative estimate of drug-likeness (QED) is 0.695. The van der Waals surface area contributed by atoms with Crippen LogP contribution in [0, 0.1) is 11.8 Å². The number of amides is 2. The molecule has 2 fully saturated rings. The highest BCUT2D eigenvalue weighted by Crippen LogP contribution is 2.32. The lowest BCUT2D eigenvalue weighted by molar-refractivity contribution is -0.130. The summed E-state index contributed by atoms with van der Waals surface area (Å²) in [5, 5.41) is 8.93. The van der Waals surface area contributed by atoms with E-state index in [1.165, 1.54) is 0 Å². The number of carbonyl (C=O) groups excluding carboxylic acids is 2. The van der Waals surface area contributed by atoms with Gasteiger partial charge in [0.05, 0.1) is 12.2 Å². The Hall–Kier alpha value is -2.12. The average Bonchev–Trinajstić information content (AvgIpc) is 3.39. The largest absolute Gasteiger partial charge is 0.445 e. The SMILES string of the molecule is O=C(CCC1=CCN=N1)N1C[C@@H]2CN(C(=O)OCc3cc(Cl)cc(Cl)c3)C[C@@H]2C1. The lowest BCUT2D eigenvalue weighted by atomic mass is 10.0. The van der Waals surface area contributed by atoms with Crippen molar-refractivity contribution in [3.63, 3.8) is 0 Å². The standard InChI is InChI=1S/C20H22Cl2N4O3/c21-16-5-13(6-17(22)7-16)12-29-20(28)26-10-14-8-25(9-15(14)11-26)19(27)2-1-18-3-4-23-24-18/h3,5-7,14-15H,1-2,4,8-12H2/t14-,15+. The number of likely N-dealkylation sites (tertiary alicyclic amines) is 2. The Labute approximate surface area is 179 Å². The van der Waals surface area contributed by atoms with Gasteiger partial charge < -0.3 is 14.5 Å². The van der Waals surface area contributed by atoms with Gasteiger partial charge in [-0.1, -0.05) is 23.2 Å². The second kappa shape index (κ2) is 8.71. The van der Waals surface area contributed by atoms with E-state index in [-0.39, 0.29) is 18.6 Å². The minimum atomic E-state index is -0.341. The maximum absolute atomic E-state index is 12.5. The summed E-state index contributed by atoms with van der Waals surface area (Å²) in [5.41, 5.74) is 1.65. The fourth-order valence-electron chi connectivity index (χ4n) is 4.14. The summed E-state index contributed by atoms with van der Waals surface area (Å²) in [4.78, 5) is 28.5. The van der Waals surface area contributed by atoms with Crippen molar-refractivity contribution in [2.24, 2.45) is 22.1 Å². The fourth-order valence-corrected chi connectivity index (χ4v) is 4.71. The molecule has 2 atom stereocenters. The molecule has 0 N–H and O–H groups in total. The first kappa shape index (κ1) is 20.2. The Morgan fingerprint density at radius 3 is 2.31 bits per heavy atom. The molecule has 0 aromatic heterocycles. The smallest absolute Gasteiger partial charge is 0.410 e. The van der Waals surface area contributed by atoms with Crippen molar-refractivity contribution >= 4 is 35.2 Å². The van der Waals surface area contributed by atoms with Gasteiger partial charge >= 0.3 is 6.09 Å². The van der Waals surface area contributed by atoms with E-state index in [2.05, 4.69) is 10.2 Å². The van der Waals surface area contributed by atoms with Crippen LogP contribution in [-0.2, 0) is 16.1 Å². The molecule has 4 rings (SSSR count). The van der Waals surface area contributed by atoms with E-state index in [4.69, 9.17) is 27.9 Å². The Morgan fingerprint density at radius 1 is 1.03 bits per heavy atom. The Morgan fingerprint density at radius 2 is 1.69 bits per heavy atom. The molecule has 3 aliphatic heterocycles. The number of fused-ring (bicyclic) bond motifs is 1. The van der Waals surface area contributed by atoms with E-state index >= 15 is 0 Å². The molecule has 0 bridgehead atoms. The first-order valence-electron chi connectivity index (χ1n) is 9.69. The highest BCUT2D eigenvalue weighted by atomic mass is 35.5. The van der Waals surface area contributed by atoms with E-state index in [1.807, 2.05) is 11.0 Å². The highest BCUT2D eigenvalue weighted by Gasteiger charge is 2.43. The molecule has 0 unspecified atom stereocenters. The maximum atomic E-state index is 12.5. The van der Waals surface area contributed by atoms with E-state index in [9.17, 15) is 9.59 Å². The van der Waals surface area contributed by atoms with Crippen LogP contribution in [0.3, 0.4) is 0 Å². The van der Waals surface area contributed by atoms with Gasteiger partial charge in [-0.15, -0.1) is 0 Å². The number of hydrogen-bond acceptors (Lipinski definition) is 5. The van der Waals surface area contributed by atoms with Crippen LogP contribution in [0.1, 0.15) is 18.4 Å². The van der Waals surface area contributed by atoms with Crippen LogP contribution >= 0.6 is 23.2 Å². The van der Waals surface area contributed by atoms with Gasteiger partial charge in [-0.05, 0) is 36.3 Å². The van der Waals surface area contributed by atoms with Crippen LogP contribution in [0.5, 0.6) is 0 Å². The normalized spacial score (nSPS) is 22.8. The molecule has 154 valence electrons. The van der Waals surface area contributed by atoms with Gasteiger partial charge in [0.2, 0.25) is 5.91 Å². The zero-order valence-corrected chi connectivity index (χ0v) is 17.4. The van der Waals surface area contributed by atoms with Crippen molar-refractivity contribution in [1.82, 2.24) is 9.80 Å². The number of benzene rings is 1. The summed E-state index contributed by atoms with van der Waals surface area (Å²) >= 11 is 12.0. The topological polar surface area (TPSA) is 74.6 Å². The van der Waals surface area contributed by atoms with Gasteiger partial charge in [-0.3, -0.25) is 4.79 Å². The van der Waals surface area contributed by atoms with E-state index < -0.39 is 0 Å². The predicted molar refractivity (Wildman–Crippen MR) is 109 cm³/mol. The van der Waals surface area contributed by atoms with E-state index in [0.717, 1.165) is 11.3 Å². The lowest BCUT2D eigenvalue weighted by Gasteiger charge is -2.21. The molecule has 2 saturated heterocycles. The monoisotopic (exact) mass is 436 g/mol. The molecule has 3 heterocycles. The van der Waals surface area contributed by atoms with Crippen molar-refractivity contribution in [3.8, 4) is 0 Å². The first-order valence-corrected chi connectivity index (χ1v) is 10.4. The molecule has 0 radical (unpaired) electrons. The lowest BCUT2D eigenvalue weighted by Crippen LogP contribution is -2.35. The van der Waals surface area contributed by atoms with Crippen molar-refractivity contribution in [1.29, 1.82) is 0 Å². The van der Waals surface area contributed by atoms with Crippen LogP contribution in [0.2, 0.25) is 10.0 Å². The van der Waals surface area contributed by atoms with Gasteiger partial charge in [0.1, 0.15) is 6.61 Å². The van der Waals surface area contributed by atoms with Crippen LogP contribution in [-0.4, -0.2) is 54.5 Å². The summed E-state index contributed by atoms with van der Waals surface area (Å²) in [6.45, 7) is 3.36. The molecule has 2 amide bonds. The average molecular weight is 437 g/mol. The van der Waals surface area contributed by atoms with Gasteiger partial charge in [0, 0.05) is 54.5 Å². The molecule has 9 heteroatoms. The zero-order valence-electron chi connectivity index (χ0n) is 15.9. The van der Waals surface area contributed by atoms with Crippen molar-refractivity contribution < 1.29 is 14.3 Å². The van der Waals surface area contributed by atoms with Gasteiger partial charge in [-0.25, -0.2) is 4.79 Å². The number of allylic oxidation sites excluding steroid dienone is 1. The number of halogens is 2. The van der Waals surface area contributed by atoms with Crippen LogP contribution in [0.25, 0.3) is 0 Å². The molecule has 3 aliphatic rings. The third kappa shape index (κ3) is 4.90. The Kier molecular flexibility index (Phi) is 6.06. The summed E-state index contributed by atoms with van der Waals surface area (Å²) in [6.07, 6.45) is 2.71. The first-order chi connectivity index (χ1) is 14.0.